The second-order valence-corrected chi connectivity index (χ2v) is 14.4. The Morgan fingerprint density at radius 2 is 1.36 bits per heavy atom. The van der Waals surface area contributed by atoms with Gasteiger partial charge >= 0.3 is 37.9 Å². The maximum Gasteiger partial charge on any atom is 0.0920 e. The molecule has 0 saturated heterocycles. The molecule has 0 aliphatic carbocycles. The summed E-state index contributed by atoms with van der Waals surface area (Å²) in [6, 6.07) is 46.6. The molecule has 6 aromatic rings. The summed E-state index contributed by atoms with van der Waals surface area (Å²) in [5, 5.41) is 5.49. The Balaban J connectivity index is 0.000000162. The van der Waals surface area contributed by atoms with Gasteiger partial charge in [-0.25, -0.2) is 0 Å². The molecule has 0 unspecified atom stereocenters. The Labute approximate surface area is 252 Å². The molecule has 0 fully saturated rings. The Bertz CT molecular complexity index is 1660. The molecule has 39 heavy (non-hydrogen) atoms. The van der Waals surface area contributed by atoms with Crippen LogP contribution in [0.1, 0.15) is 11.1 Å². The van der Waals surface area contributed by atoms with Crippen molar-refractivity contribution in [1.29, 1.82) is 0 Å². The average molecular weight is 637 g/mol. The van der Waals surface area contributed by atoms with Crippen molar-refractivity contribution in [1.82, 2.24) is 0 Å². The van der Waals surface area contributed by atoms with Crippen LogP contribution in [0, 0.1) is 19.9 Å². The van der Waals surface area contributed by atoms with Gasteiger partial charge in [0.25, 0.3) is 0 Å². The SMILES string of the molecule is Cc1cc2c(-c3ccccc3C)c(-c3ccccc3)ccc2[cH-]1.[Cl][Zr+2][Cl].[c-]1cccc2c1[Si]c1ccccc1-2. The smallest absolute Gasteiger partial charge is 0.0920 e. The van der Waals surface area contributed by atoms with Gasteiger partial charge in [0.1, 0.15) is 0 Å². The Morgan fingerprint density at radius 3 is 2.13 bits per heavy atom. The summed E-state index contributed by atoms with van der Waals surface area (Å²) in [5.74, 6) is 0. The molecule has 7 rings (SSSR count). The zero-order valence-corrected chi connectivity index (χ0v) is 26.8. The molecule has 188 valence electrons. The van der Waals surface area contributed by atoms with E-state index in [0.29, 0.717) is 0 Å². The monoisotopic (exact) mass is 634 g/mol. The summed E-state index contributed by atoms with van der Waals surface area (Å²) >= 11 is -0.826. The third kappa shape index (κ3) is 6.26. The molecule has 1 aliphatic heterocycles. The predicted molar refractivity (Wildman–Crippen MR) is 167 cm³/mol. The molecule has 2 radical (unpaired) electrons. The number of fused-ring (bicyclic) bond motifs is 4. The fourth-order valence-corrected chi connectivity index (χ4v) is 6.47. The third-order valence-electron chi connectivity index (χ3n) is 6.87. The molecular weight excluding hydrogens is 611 g/mol. The molecule has 0 amide bonds. The number of halogens is 2. The minimum absolute atomic E-state index is 0.795. The van der Waals surface area contributed by atoms with E-state index in [4.69, 9.17) is 17.0 Å². The molecule has 1 heterocycles. The molecule has 1 aliphatic rings. The first-order valence-electron chi connectivity index (χ1n) is 12.8. The zero-order valence-electron chi connectivity index (χ0n) is 21.8. The van der Waals surface area contributed by atoms with Crippen LogP contribution < -0.4 is 10.4 Å². The van der Waals surface area contributed by atoms with Gasteiger partial charge in [-0.2, -0.15) is 35.5 Å². The van der Waals surface area contributed by atoms with Crippen LogP contribution in [0.25, 0.3) is 44.2 Å². The summed E-state index contributed by atoms with van der Waals surface area (Å²) < 4.78 is 0. The van der Waals surface area contributed by atoms with Crippen molar-refractivity contribution >= 4 is 47.7 Å². The van der Waals surface area contributed by atoms with E-state index >= 15 is 0 Å². The van der Waals surface area contributed by atoms with Crippen molar-refractivity contribution in [2.75, 3.05) is 0 Å². The van der Waals surface area contributed by atoms with Crippen LogP contribution in [0.4, 0.5) is 0 Å². The van der Waals surface area contributed by atoms with E-state index in [1.165, 1.54) is 65.7 Å². The van der Waals surface area contributed by atoms with Crippen molar-refractivity contribution in [3.05, 3.63) is 139 Å². The van der Waals surface area contributed by atoms with E-state index in [-0.39, 0.29) is 0 Å². The van der Waals surface area contributed by atoms with Crippen molar-refractivity contribution in [2.45, 2.75) is 13.8 Å². The van der Waals surface area contributed by atoms with E-state index in [0.717, 1.165) is 9.52 Å². The summed E-state index contributed by atoms with van der Waals surface area (Å²) in [6.07, 6.45) is 0. The van der Waals surface area contributed by atoms with Gasteiger partial charge < -0.3 is 0 Å². The van der Waals surface area contributed by atoms with Crippen molar-refractivity contribution < 1.29 is 20.8 Å². The fourth-order valence-electron chi connectivity index (χ4n) is 5.16. The molecule has 0 bridgehead atoms. The van der Waals surface area contributed by atoms with Gasteiger partial charge in [-0.1, -0.05) is 108 Å². The van der Waals surface area contributed by atoms with Crippen LogP contribution in [-0.4, -0.2) is 9.52 Å². The Morgan fingerprint density at radius 1 is 0.692 bits per heavy atom. The van der Waals surface area contributed by atoms with Crippen molar-refractivity contribution in [2.24, 2.45) is 0 Å². The van der Waals surface area contributed by atoms with Gasteiger partial charge in [0.2, 0.25) is 0 Å². The first kappa shape index (κ1) is 27.9. The van der Waals surface area contributed by atoms with Crippen molar-refractivity contribution in [3.63, 3.8) is 0 Å². The molecule has 0 saturated carbocycles. The number of aryl methyl sites for hydroxylation is 2. The maximum atomic E-state index is 4.93. The van der Waals surface area contributed by atoms with Gasteiger partial charge in [-0.15, -0.1) is 34.0 Å². The van der Waals surface area contributed by atoms with Crippen LogP contribution in [0.15, 0.2) is 121 Å². The van der Waals surface area contributed by atoms with E-state index in [2.05, 4.69) is 135 Å². The number of hydrogen-bond donors (Lipinski definition) is 0. The van der Waals surface area contributed by atoms with Crippen LogP contribution in [0.5, 0.6) is 0 Å². The third-order valence-corrected chi connectivity index (χ3v) is 8.24. The zero-order chi connectivity index (χ0) is 27.2. The molecule has 6 aromatic carbocycles. The summed E-state index contributed by atoms with van der Waals surface area (Å²) in [7, 11) is 10.7. The number of hydrogen-bond acceptors (Lipinski definition) is 0. The van der Waals surface area contributed by atoms with Gasteiger partial charge in [0, 0.05) is 0 Å². The second-order valence-electron chi connectivity index (χ2n) is 9.41. The van der Waals surface area contributed by atoms with E-state index in [9.17, 15) is 0 Å². The maximum absolute atomic E-state index is 4.93. The second kappa shape index (κ2) is 13.2. The molecular formula is C35H26Cl2SiZr. The first-order chi connectivity index (χ1) is 19.1. The molecule has 0 N–H and O–H groups in total. The Kier molecular flexibility index (Phi) is 9.43. The van der Waals surface area contributed by atoms with Crippen LogP contribution >= 0.6 is 17.0 Å². The average Bonchev–Trinajstić information content (AvgIpc) is 3.54. The van der Waals surface area contributed by atoms with Crippen LogP contribution in [0.2, 0.25) is 0 Å². The minimum atomic E-state index is -0.826. The van der Waals surface area contributed by atoms with Gasteiger partial charge in [0.05, 0.1) is 9.52 Å². The Hall–Kier alpha value is -2.61. The summed E-state index contributed by atoms with van der Waals surface area (Å²) in [5.41, 5.74) is 10.6. The van der Waals surface area contributed by atoms with Gasteiger partial charge in [0.15, 0.2) is 0 Å². The predicted octanol–water partition coefficient (Wildman–Crippen LogP) is 9.01. The van der Waals surface area contributed by atoms with E-state index in [1.54, 1.807) is 0 Å². The molecule has 0 aromatic heterocycles. The molecule has 0 nitrogen and oxygen atoms in total. The first-order valence-corrected chi connectivity index (χ1v) is 20.1. The minimum Gasteiger partial charge on any atom is -0.184 e. The molecule has 0 atom stereocenters. The topological polar surface area (TPSA) is 0 Å². The fraction of sp³-hybridized carbons (Fsp3) is 0.0571. The summed E-state index contributed by atoms with van der Waals surface area (Å²) in [4.78, 5) is 0. The van der Waals surface area contributed by atoms with Gasteiger partial charge in [-0.05, 0) is 29.2 Å². The standard InChI is InChI=1S/C23H19.C12H7Si.2ClH.Zr/c1-16-14-19-12-13-21(18-9-4-3-5-10-18)23(22(19)15-16)20-11-7-6-8-17(20)2;1-3-7-11-9(5-1)10-6-2-4-8-12(10)13-11;;;/h3-15H,1-2H3;1-7H;2*1H;/q2*-1;;;+4/p-2. The quantitative estimate of drug-likeness (QED) is 0.131. The van der Waals surface area contributed by atoms with Gasteiger partial charge in [-0.3, -0.25) is 0 Å². The normalized spacial score (nSPS) is 10.9. The summed E-state index contributed by atoms with van der Waals surface area (Å²) in [6.45, 7) is 4.36. The number of rotatable bonds is 2. The van der Waals surface area contributed by atoms with E-state index in [1.807, 2.05) is 6.07 Å². The van der Waals surface area contributed by atoms with Crippen LogP contribution in [0.3, 0.4) is 0 Å². The molecule has 0 spiro atoms. The van der Waals surface area contributed by atoms with Crippen LogP contribution in [-0.2, 0) is 20.8 Å². The largest absolute Gasteiger partial charge is 0.184 e. The van der Waals surface area contributed by atoms with Crippen molar-refractivity contribution in [3.8, 4) is 33.4 Å². The van der Waals surface area contributed by atoms with E-state index < -0.39 is 20.8 Å². The molecule has 4 heteroatoms. The number of benzene rings is 5.